The molecule has 0 N–H and O–H groups in total. The van der Waals surface area contributed by atoms with E-state index in [-0.39, 0.29) is 0 Å². The van der Waals surface area contributed by atoms with Crippen molar-refractivity contribution in [1.82, 2.24) is 9.13 Å². The Balaban J connectivity index is 3.95. The van der Waals surface area contributed by atoms with Crippen LogP contribution in [-0.4, -0.2) is 25.6 Å². The fraction of sp³-hybridized carbons (Fsp3) is 0.833. The summed E-state index contributed by atoms with van der Waals surface area (Å²) in [6.07, 6.45) is 4.71. The summed E-state index contributed by atoms with van der Waals surface area (Å²) in [5, 5.41) is 0. The third-order valence-corrected chi connectivity index (χ3v) is 18.9. The van der Waals surface area contributed by atoms with Crippen molar-refractivity contribution in [2.75, 3.05) is 0 Å². The summed E-state index contributed by atoms with van der Waals surface area (Å²) >= 11 is 0. The maximum Gasteiger partial charge on any atom is 0.161 e. The first-order chi connectivity index (χ1) is 13.4. The molecular weight excluding hydrogens is 372 g/mol. The minimum Gasteiger partial charge on any atom is -0.372 e. The van der Waals surface area contributed by atoms with Crippen LogP contribution < -0.4 is 0 Å². The van der Waals surface area contributed by atoms with Crippen molar-refractivity contribution in [2.24, 2.45) is 0 Å². The lowest BCUT2D eigenvalue weighted by molar-refractivity contribution is 0.426. The molecule has 0 atom stereocenters. The Morgan fingerprint density at radius 3 is 0.679 bits per heavy atom. The minimum absolute atomic E-state index is 1.18. The lowest BCUT2D eigenvalue weighted by Crippen LogP contribution is -2.59. The topological polar surface area (TPSA) is 6.48 Å². The van der Waals surface area contributed by atoms with Crippen LogP contribution in [0.4, 0.5) is 0 Å². The molecule has 0 fully saturated rings. The highest BCUT2D eigenvalue weighted by Gasteiger charge is 2.46. The molecule has 1 heterocycles. The molecule has 164 valence electrons. The SMILES string of the molecule is CCC1=C(CC)N([Si](CC)(CC)CC)C(CC)=C(CC)N1[Si](CC)(CC)CC. The zero-order valence-corrected chi connectivity index (χ0v) is 23.0. The van der Waals surface area contributed by atoms with Crippen LogP contribution in [0, 0.1) is 0 Å². The highest BCUT2D eigenvalue weighted by atomic mass is 28.3. The first-order valence-electron chi connectivity index (χ1n) is 12.4. The summed E-state index contributed by atoms with van der Waals surface area (Å²) in [4.78, 5) is 0. The highest BCUT2D eigenvalue weighted by Crippen LogP contribution is 2.47. The van der Waals surface area contributed by atoms with Gasteiger partial charge in [-0.05, 0) is 61.9 Å². The Hall–Kier alpha value is -0.486. The summed E-state index contributed by atoms with van der Waals surface area (Å²) in [5.41, 5.74) is 6.78. The predicted molar refractivity (Wildman–Crippen MR) is 133 cm³/mol. The van der Waals surface area contributed by atoms with Crippen molar-refractivity contribution in [3.8, 4) is 0 Å². The van der Waals surface area contributed by atoms with Gasteiger partial charge in [0.2, 0.25) is 0 Å². The largest absolute Gasteiger partial charge is 0.372 e. The van der Waals surface area contributed by atoms with Crippen LogP contribution in [0.1, 0.15) is 94.9 Å². The summed E-state index contributed by atoms with van der Waals surface area (Å²) < 4.78 is 6.00. The summed E-state index contributed by atoms with van der Waals surface area (Å²) in [6.45, 7) is 24.4. The average Bonchev–Trinajstić information content (AvgIpc) is 2.76. The average molecular weight is 423 g/mol. The molecule has 0 bridgehead atoms. The standard InChI is InChI=1S/C24H50N2Si2/c1-11-21-22(12-2)26(28(18-8,19-9)20-10)24(14-4)23(13-3)25(21)27(15-5,16-6)17-7/h11-20H2,1-10H3. The molecule has 0 unspecified atom stereocenters. The van der Waals surface area contributed by atoms with E-state index in [9.17, 15) is 0 Å². The molecule has 1 rings (SSSR count). The molecule has 0 amide bonds. The van der Waals surface area contributed by atoms with Crippen LogP contribution in [-0.2, 0) is 0 Å². The fourth-order valence-electron chi connectivity index (χ4n) is 5.88. The number of hydrogen-bond donors (Lipinski definition) is 0. The van der Waals surface area contributed by atoms with Gasteiger partial charge >= 0.3 is 0 Å². The molecule has 1 aliphatic rings. The summed E-state index contributed by atoms with van der Waals surface area (Å²) in [6, 6.07) is 8.16. The van der Waals surface area contributed by atoms with Gasteiger partial charge in [0.05, 0.1) is 0 Å². The Labute approximate surface area is 179 Å². The lowest BCUT2D eigenvalue weighted by Gasteiger charge is -2.56. The normalized spacial score (nSPS) is 16.5. The molecule has 0 saturated carbocycles. The van der Waals surface area contributed by atoms with E-state index in [0.29, 0.717) is 0 Å². The van der Waals surface area contributed by atoms with Gasteiger partial charge in [0.1, 0.15) is 0 Å². The molecule has 28 heavy (non-hydrogen) atoms. The van der Waals surface area contributed by atoms with Crippen molar-refractivity contribution in [2.45, 2.75) is 131 Å². The maximum atomic E-state index is 3.00. The van der Waals surface area contributed by atoms with Gasteiger partial charge in [0.15, 0.2) is 16.5 Å². The van der Waals surface area contributed by atoms with E-state index >= 15 is 0 Å². The van der Waals surface area contributed by atoms with Crippen molar-refractivity contribution < 1.29 is 0 Å². The number of rotatable bonds is 12. The van der Waals surface area contributed by atoms with Crippen LogP contribution in [0.3, 0.4) is 0 Å². The smallest absolute Gasteiger partial charge is 0.161 e. The predicted octanol–water partition coefficient (Wildman–Crippen LogP) is 8.68. The Kier molecular flexibility index (Phi) is 10.1. The van der Waals surface area contributed by atoms with Gasteiger partial charge in [-0.1, -0.05) is 69.2 Å². The number of hydrogen-bond acceptors (Lipinski definition) is 2. The first kappa shape index (κ1) is 25.6. The van der Waals surface area contributed by atoms with Crippen LogP contribution in [0.15, 0.2) is 22.8 Å². The molecule has 1 aliphatic heterocycles. The summed E-state index contributed by atoms with van der Waals surface area (Å²) in [7, 11) is -3.03. The van der Waals surface area contributed by atoms with E-state index in [1.54, 1.807) is 22.8 Å². The van der Waals surface area contributed by atoms with Gasteiger partial charge in [-0.2, -0.15) is 0 Å². The second kappa shape index (κ2) is 11.1. The van der Waals surface area contributed by atoms with Gasteiger partial charge < -0.3 is 9.13 Å². The molecule has 0 radical (unpaired) electrons. The van der Waals surface area contributed by atoms with Crippen molar-refractivity contribution >= 4 is 16.5 Å². The quantitative estimate of drug-likeness (QED) is 0.290. The second-order valence-corrected chi connectivity index (χ2v) is 18.5. The molecule has 0 aromatic heterocycles. The lowest BCUT2D eigenvalue weighted by atomic mass is 10.1. The highest BCUT2D eigenvalue weighted by molar-refractivity contribution is 6.79. The van der Waals surface area contributed by atoms with E-state index in [1.165, 1.54) is 61.9 Å². The van der Waals surface area contributed by atoms with E-state index in [0.717, 1.165) is 0 Å². The Morgan fingerprint density at radius 2 is 0.571 bits per heavy atom. The third kappa shape index (κ3) is 4.05. The summed E-state index contributed by atoms with van der Waals surface area (Å²) in [5.74, 6) is 0. The maximum absolute atomic E-state index is 3.00. The molecule has 2 nitrogen and oxygen atoms in total. The van der Waals surface area contributed by atoms with Gasteiger partial charge in [-0.3, -0.25) is 0 Å². The van der Waals surface area contributed by atoms with E-state index in [2.05, 4.69) is 78.4 Å². The van der Waals surface area contributed by atoms with Gasteiger partial charge in [-0.25, -0.2) is 0 Å². The van der Waals surface area contributed by atoms with Gasteiger partial charge in [-0.15, -0.1) is 0 Å². The number of nitrogens with zero attached hydrogens (tertiary/aromatic N) is 2. The van der Waals surface area contributed by atoms with Crippen LogP contribution in [0.25, 0.3) is 0 Å². The fourth-order valence-corrected chi connectivity index (χ4v) is 14.2. The molecule has 0 spiro atoms. The molecule has 0 aliphatic carbocycles. The molecular formula is C24H50N2Si2. The second-order valence-electron chi connectivity index (χ2n) is 8.44. The van der Waals surface area contributed by atoms with Gasteiger partial charge in [0.25, 0.3) is 0 Å². The van der Waals surface area contributed by atoms with E-state index in [4.69, 9.17) is 0 Å². The molecule has 4 heteroatoms. The van der Waals surface area contributed by atoms with Crippen LogP contribution in [0.2, 0.25) is 36.3 Å². The minimum atomic E-state index is -1.51. The van der Waals surface area contributed by atoms with E-state index in [1.807, 2.05) is 0 Å². The zero-order valence-electron chi connectivity index (χ0n) is 21.0. The molecule has 0 saturated heterocycles. The van der Waals surface area contributed by atoms with E-state index < -0.39 is 16.5 Å². The van der Waals surface area contributed by atoms with Crippen LogP contribution >= 0.6 is 0 Å². The molecule has 0 aromatic rings. The van der Waals surface area contributed by atoms with Crippen LogP contribution in [0.5, 0.6) is 0 Å². The first-order valence-corrected chi connectivity index (χ1v) is 17.6. The van der Waals surface area contributed by atoms with Crippen molar-refractivity contribution in [1.29, 1.82) is 0 Å². The van der Waals surface area contributed by atoms with Gasteiger partial charge in [0, 0.05) is 22.8 Å². The zero-order chi connectivity index (χ0) is 21.5. The Bertz CT molecular complexity index is 462. The van der Waals surface area contributed by atoms with Crippen molar-refractivity contribution in [3.63, 3.8) is 0 Å². The third-order valence-electron chi connectivity index (χ3n) is 7.98. The Morgan fingerprint density at radius 1 is 0.393 bits per heavy atom. The number of allylic oxidation sites excluding steroid dienone is 4. The molecule has 0 aromatic carbocycles. The monoisotopic (exact) mass is 422 g/mol. The van der Waals surface area contributed by atoms with Crippen molar-refractivity contribution in [3.05, 3.63) is 22.8 Å².